The molecule has 0 radical (unpaired) electrons. The van der Waals surface area contributed by atoms with Crippen LogP contribution in [-0.4, -0.2) is 28.1 Å². The van der Waals surface area contributed by atoms with E-state index in [0.717, 1.165) is 8.68 Å². The van der Waals surface area contributed by atoms with Crippen LogP contribution in [0.3, 0.4) is 0 Å². The van der Waals surface area contributed by atoms with Crippen molar-refractivity contribution in [3.63, 3.8) is 0 Å². The van der Waals surface area contributed by atoms with Gasteiger partial charge >= 0.3 is 0 Å². The number of hydrogen-bond acceptors (Lipinski definition) is 6. The summed E-state index contributed by atoms with van der Waals surface area (Å²) in [6.45, 7) is 0. The Morgan fingerprint density at radius 1 is 1.37 bits per heavy atom. The van der Waals surface area contributed by atoms with E-state index >= 15 is 0 Å². The summed E-state index contributed by atoms with van der Waals surface area (Å²) in [6.07, 6.45) is 1.94. The molecule has 0 spiro atoms. The highest BCUT2D eigenvalue weighted by Crippen LogP contribution is 2.27. The maximum absolute atomic E-state index is 11.8. The van der Waals surface area contributed by atoms with Crippen LogP contribution in [0.4, 0.5) is 5.69 Å². The molecule has 1 aromatic carbocycles. The minimum atomic E-state index is -0.112. The molecule has 1 aromatic heterocycles. The molecule has 4 nitrogen and oxygen atoms in total. The molecule has 0 aliphatic heterocycles. The Hall–Kier alpha value is -0.760. The Labute approximate surface area is 128 Å². The Bertz CT molecular complexity index is 576. The maximum atomic E-state index is 11.8. The van der Waals surface area contributed by atoms with Gasteiger partial charge < -0.3 is 5.32 Å². The molecule has 1 N–H and O–H groups in total. The van der Waals surface area contributed by atoms with Gasteiger partial charge in [0.05, 0.1) is 16.5 Å². The van der Waals surface area contributed by atoms with Gasteiger partial charge in [-0.2, -0.15) is 0 Å². The minimum absolute atomic E-state index is 0.112. The Balaban J connectivity index is 1.86. The summed E-state index contributed by atoms with van der Waals surface area (Å²) in [5.74, 6) is 0.174. The zero-order chi connectivity index (χ0) is 13.7. The standard InChI is InChI=1S/C11H10ClN3OS3/c1-17-10-14-15-11(19-10)18-6-9(16)13-8-5-3-2-4-7(8)12/h2-5H,6H2,1H3,(H,13,16). The lowest BCUT2D eigenvalue weighted by Crippen LogP contribution is -2.14. The zero-order valence-corrected chi connectivity index (χ0v) is 13.1. The summed E-state index contributed by atoms with van der Waals surface area (Å²) in [5.41, 5.74) is 0.622. The van der Waals surface area contributed by atoms with Crippen molar-refractivity contribution in [2.75, 3.05) is 17.3 Å². The van der Waals surface area contributed by atoms with Gasteiger partial charge in [-0.1, -0.05) is 58.6 Å². The Morgan fingerprint density at radius 2 is 2.11 bits per heavy atom. The van der Waals surface area contributed by atoms with Gasteiger partial charge in [0.1, 0.15) is 0 Å². The summed E-state index contributed by atoms with van der Waals surface area (Å²) in [6, 6.07) is 7.14. The predicted molar refractivity (Wildman–Crippen MR) is 82.5 cm³/mol. The smallest absolute Gasteiger partial charge is 0.234 e. The third-order valence-electron chi connectivity index (χ3n) is 2.04. The number of benzene rings is 1. The first-order valence-electron chi connectivity index (χ1n) is 5.23. The zero-order valence-electron chi connectivity index (χ0n) is 9.92. The number of aromatic nitrogens is 2. The molecule has 0 bridgehead atoms. The van der Waals surface area contributed by atoms with Gasteiger partial charge in [0.25, 0.3) is 0 Å². The van der Waals surface area contributed by atoms with E-state index in [4.69, 9.17) is 11.6 Å². The summed E-state index contributed by atoms with van der Waals surface area (Å²) in [7, 11) is 0. The number of para-hydroxylation sites is 1. The van der Waals surface area contributed by atoms with Crippen molar-refractivity contribution in [3.05, 3.63) is 29.3 Å². The molecular formula is C11H10ClN3OS3. The van der Waals surface area contributed by atoms with E-state index in [2.05, 4.69) is 15.5 Å². The average Bonchev–Trinajstić information content (AvgIpc) is 2.87. The third-order valence-corrected chi connectivity index (χ3v) is 5.40. The molecule has 0 atom stereocenters. The first-order chi connectivity index (χ1) is 9.19. The second-order valence-electron chi connectivity index (χ2n) is 3.35. The summed E-state index contributed by atoms with van der Waals surface area (Å²) >= 11 is 10.4. The van der Waals surface area contributed by atoms with Gasteiger partial charge in [-0.05, 0) is 18.4 Å². The van der Waals surface area contributed by atoms with Crippen molar-refractivity contribution in [1.82, 2.24) is 10.2 Å². The van der Waals surface area contributed by atoms with Crippen LogP contribution in [0.5, 0.6) is 0 Å². The first kappa shape index (κ1) is 14.6. The first-order valence-corrected chi connectivity index (χ1v) is 8.64. The normalized spacial score (nSPS) is 10.4. The van der Waals surface area contributed by atoms with E-state index in [0.29, 0.717) is 10.7 Å². The highest BCUT2D eigenvalue weighted by atomic mass is 35.5. The Kier molecular flexibility index (Phi) is 5.50. The highest BCUT2D eigenvalue weighted by Gasteiger charge is 2.09. The predicted octanol–water partition coefficient (Wildman–Crippen LogP) is 3.64. The van der Waals surface area contributed by atoms with Crippen LogP contribution in [0.2, 0.25) is 5.02 Å². The number of rotatable bonds is 5. The highest BCUT2D eigenvalue weighted by molar-refractivity contribution is 8.03. The van der Waals surface area contributed by atoms with Gasteiger partial charge in [-0.15, -0.1) is 10.2 Å². The van der Waals surface area contributed by atoms with Crippen LogP contribution in [-0.2, 0) is 4.79 Å². The van der Waals surface area contributed by atoms with Crippen molar-refractivity contribution in [2.45, 2.75) is 8.68 Å². The molecule has 100 valence electrons. The lowest BCUT2D eigenvalue weighted by atomic mass is 10.3. The number of amides is 1. The molecule has 0 fully saturated rings. The lowest BCUT2D eigenvalue weighted by Gasteiger charge is -2.05. The molecule has 2 rings (SSSR count). The fraction of sp³-hybridized carbons (Fsp3) is 0.182. The number of hydrogen-bond donors (Lipinski definition) is 1. The summed E-state index contributed by atoms with van der Waals surface area (Å²) < 4.78 is 1.69. The largest absolute Gasteiger partial charge is 0.324 e. The molecule has 0 aliphatic carbocycles. The van der Waals surface area contributed by atoms with Crippen molar-refractivity contribution in [2.24, 2.45) is 0 Å². The van der Waals surface area contributed by atoms with E-state index in [1.807, 2.05) is 18.4 Å². The van der Waals surface area contributed by atoms with Crippen molar-refractivity contribution < 1.29 is 4.79 Å². The second kappa shape index (κ2) is 7.14. The number of nitrogens with one attached hydrogen (secondary N) is 1. The van der Waals surface area contributed by atoms with Crippen LogP contribution in [0.25, 0.3) is 0 Å². The summed E-state index contributed by atoms with van der Waals surface area (Å²) in [5, 5.41) is 11.2. The van der Waals surface area contributed by atoms with Crippen LogP contribution >= 0.6 is 46.5 Å². The van der Waals surface area contributed by atoms with E-state index in [1.165, 1.54) is 23.1 Å². The number of anilines is 1. The SMILES string of the molecule is CSc1nnc(SCC(=O)Nc2ccccc2Cl)s1. The van der Waals surface area contributed by atoms with Crippen molar-refractivity contribution in [3.8, 4) is 0 Å². The maximum Gasteiger partial charge on any atom is 0.234 e. The quantitative estimate of drug-likeness (QED) is 0.848. The molecule has 0 saturated carbocycles. The number of nitrogens with zero attached hydrogens (tertiary/aromatic N) is 2. The topological polar surface area (TPSA) is 54.9 Å². The number of thioether (sulfide) groups is 2. The van der Waals surface area contributed by atoms with Crippen LogP contribution in [0, 0.1) is 0 Å². The molecule has 2 aromatic rings. The molecule has 0 aliphatic rings. The van der Waals surface area contributed by atoms with Gasteiger partial charge in [-0.25, -0.2) is 0 Å². The van der Waals surface area contributed by atoms with E-state index in [9.17, 15) is 4.79 Å². The monoisotopic (exact) mass is 331 g/mol. The molecule has 0 unspecified atom stereocenters. The van der Waals surface area contributed by atoms with E-state index < -0.39 is 0 Å². The third kappa shape index (κ3) is 4.38. The molecule has 1 heterocycles. The van der Waals surface area contributed by atoms with Crippen LogP contribution < -0.4 is 5.32 Å². The lowest BCUT2D eigenvalue weighted by molar-refractivity contribution is -0.113. The molecule has 8 heteroatoms. The van der Waals surface area contributed by atoms with Gasteiger partial charge in [0.2, 0.25) is 5.91 Å². The molecule has 0 saturated heterocycles. The Morgan fingerprint density at radius 3 is 2.79 bits per heavy atom. The summed E-state index contributed by atoms with van der Waals surface area (Å²) in [4.78, 5) is 11.8. The fourth-order valence-electron chi connectivity index (χ4n) is 1.21. The van der Waals surface area contributed by atoms with Crippen molar-refractivity contribution >= 4 is 58.1 Å². The molecule has 1 amide bonds. The number of halogens is 1. The number of carbonyl (C=O) groups excluding carboxylic acids is 1. The van der Waals surface area contributed by atoms with Gasteiger partial charge in [-0.3, -0.25) is 4.79 Å². The van der Waals surface area contributed by atoms with Crippen LogP contribution in [0.15, 0.2) is 32.9 Å². The minimum Gasteiger partial charge on any atom is -0.324 e. The second-order valence-corrected chi connectivity index (χ2v) is 7.02. The van der Waals surface area contributed by atoms with Crippen LogP contribution in [0.1, 0.15) is 0 Å². The molecular weight excluding hydrogens is 322 g/mol. The van der Waals surface area contributed by atoms with Gasteiger partial charge in [0, 0.05) is 0 Å². The number of carbonyl (C=O) groups is 1. The van der Waals surface area contributed by atoms with Crippen molar-refractivity contribution in [1.29, 1.82) is 0 Å². The average molecular weight is 332 g/mol. The van der Waals surface area contributed by atoms with Gasteiger partial charge in [0.15, 0.2) is 8.68 Å². The van der Waals surface area contributed by atoms with E-state index in [-0.39, 0.29) is 11.7 Å². The van der Waals surface area contributed by atoms with E-state index in [1.54, 1.807) is 23.9 Å². The molecule has 19 heavy (non-hydrogen) atoms. The fourth-order valence-corrected chi connectivity index (χ4v) is 3.64.